The Bertz CT molecular complexity index is 1820. The molecule has 1 unspecified atom stereocenters. The molecule has 3 atom stereocenters. The number of alkyl halides is 3. The molecular weight excluding hydrogens is 691 g/mol. The summed E-state index contributed by atoms with van der Waals surface area (Å²) in [4.78, 5) is 48.3. The Morgan fingerprint density at radius 1 is 1.09 bits per heavy atom. The molecule has 8 rings (SSSR count). The number of hydrogen-bond donors (Lipinski definition) is 3. The summed E-state index contributed by atoms with van der Waals surface area (Å²) in [6.07, 6.45) is 8.76. The van der Waals surface area contributed by atoms with E-state index in [4.69, 9.17) is 5.73 Å². The minimum atomic E-state index is -2.88. The van der Waals surface area contributed by atoms with Gasteiger partial charge < -0.3 is 20.9 Å². The van der Waals surface area contributed by atoms with E-state index in [1.54, 1.807) is 21.8 Å². The third-order valence-corrected chi connectivity index (χ3v) is 12.3. The van der Waals surface area contributed by atoms with Crippen molar-refractivity contribution in [1.82, 2.24) is 39.5 Å². The SMILES string of the molecule is N[C@@H]1C[C@@H](F)CN(c2ccn3ncc(C(=O)Nc4cn(C5CCC(CCN6CCC7(CC6)CN(C6CCC(=O)NC6=O)C7)CC5)nc4C(F)F)c3n2)C1. The lowest BCUT2D eigenvalue weighted by molar-refractivity contribution is -0.144. The zero-order valence-electron chi connectivity index (χ0n) is 29.8. The first-order valence-electron chi connectivity index (χ1n) is 19.0. The zero-order valence-corrected chi connectivity index (χ0v) is 29.8. The lowest BCUT2D eigenvalue weighted by Crippen LogP contribution is -2.66. The molecule has 3 amide bonds. The van der Waals surface area contributed by atoms with Crippen molar-refractivity contribution < 1.29 is 27.6 Å². The van der Waals surface area contributed by atoms with Crippen LogP contribution < -0.4 is 21.3 Å². The second-order valence-electron chi connectivity index (χ2n) is 15.9. The molecule has 4 aliphatic heterocycles. The van der Waals surface area contributed by atoms with E-state index in [1.165, 1.54) is 16.9 Å². The summed E-state index contributed by atoms with van der Waals surface area (Å²) in [5.41, 5.74) is 6.11. The topological polar surface area (TPSA) is 159 Å². The van der Waals surface area contributed by atoms with Crippen molar-refractivity contribution in [1.29, 1.82) is 0 Å². The van der Waals surface area contributed by atoms with Crippen molar-refractivity contribution in [2.45, 2.75) is 94.9 Å². The highest BCUT2D eigenvalue weighted by Crippen LogP contribution is 2.43. The molecule has 3 aromatic heterocycles. The van der Waals surface area contributed by atoms with E-state index < -0.39 is 24.2 Å². The molecule has 0 radical (unpaired) electrons. The van der Waals surface area contributed by atoms with Gasteiger partial charge in [0.05, 0.1) is 30.5 Å². The molecule has 1 saturated carbocycles. The summed E-state index contributed by atoms with van der Waals surface area (Å²) in [5.74, 6) is 0.0576. The van der Waals surface area contributed by atoms with Crippen LogP contribution in [0.5, 0.6) is 0 Å². The molecule has 14 nitrogen and oxygen atoms in total. The summed E-state index contributed by atoms with van der Waals surface area (Å²) >= 11 is 0. The predicted octanol–water partition coefficient (Wildman–Crippen LogP) is 3.32. The fourth-order valence-electron chi connectivity index (χ4n) is 9.19. The number of nitrogens with one attached hydrogen (secondary N) is 2. The van der Waals surface area contributed by atoms with E-state index in [2.05, 4.69) is 35.6 Å². The van der Waals surface area contributed by atoms with Crippen molar-refractivity contribution in [3.05, 3.63) is 35.9 Å². The van der Waals surface area contributed by atoms with Crippen LogP contribution in [0.15, 0.2) is 24.7 Å². The Balaban J connectivity index is 0.822. The number of halogens is 3. The Hall–Kier alpha value is -4.09. The highest BCUT2D eigenvalue weighted by molar-refractivity contribution is 6.08. The first-order valence-corrected chi connectivity index (χ1v) is 19.0. The minimum absolute atomic E-state index is 0.0355. The lowest BCUT2D eigenvalue weighted by Gasteiger charge is -2.56. The Morgan fingerprint density at radius 3 is 2.58 bits per heavy atom. The standard InChI is InChI=1S/C36H48F3N11O3/c37-23-15-24(40)18-47(17-23)29-8-12-49-33(43-29)26(16-41-49)34(52)42-27-19-50(45-31(27)32(38)39)25-3-1-22(2-4-25)7-11-46-13-9-36(10-14-46)20-48(21-36)28-5-6-30(51)44-35(28)53/h8,12,16,19,22-25,28,32H,1-7,9-11,13-15,17-18,20-21,40H2,(H,42,52)(H,44,51,53)/t22?,23-,24-,25?,28?/m1/s1. The zero-order chi connectivity index (χ0) is 36.9. The normalized spacial score (nSPS) is 28.4. The first-order chi connectivity index (χ1) is 25.5. The van der Waals surface area contributed by atoms with Crippen LogP contribution in [-0.4, -0.2) is 116 Å². The quantitative estimate of drug-likeness (QED) is 0.278. The van der Waals surface area contributed by atoms with Gasteiger partial charge in [-0.15, -0.1) is 0 Å². The Morgan fingerprint density at radius 2 is 1.87 bits per heavy atom. The molecule has 7 heterocycles. The van der Waals surface area contributed by atoms with Gasteiger partial charge in [0.25, 0.3) is 12.3 Å². The second-order valence-corrected chi connectivity index (χ2v) is 15.9. The number of piperidine rings is 3. The molecule has 0 aromatic carbocycles. The molecule has 17 heteroatoms. The summed E-state index contributed by atoms with van der Waals surface area (Å²) < 4.78 is 45.6. The maximum Gasteiger partial charge on any atom is 0.284 e. The molecule has 3 aromatic rings. The minimum Gasteiger partial charge on any atom is -0.352 e. The number of carbonyl (C=O) groups is 3. The van der Waals surface area contributed by atoms with E-state index in [1.807, 2.05) is 0 Å². The van der Waals surface area contributed by atoms with E-state index in [-0.39, 0.29) is 65.2 Å². The summed E-state index contributed by atoms with van der Waals surface area (Å²) in [7, 11) is 0. The molecule has 286 valence electrons. The number of likely N-dealkylation sites (tertiary alicyclic amines) is 2. The number of rotatable bonds is 9. The van der Waals surface area contributed by atoms with Gasteiger partial charge in [0.2, 0.25) is 11.8 Å². The van der Waals surface area contributed by atoms with Crippen molar-refractivity contribution in [2.75, 3.05) is 56.0 Å². The molecule has 0 bridgehead atoms. The number of anilines is 2. The number of amides is 3. The average molecular weight is 740 g/mol. The molecule has 4 saturated heterocycles. The van der Waals surface area contributed by atoms with Gasteiger partial charge >= 0.3 is 0 Å². The number of hydrogen-bond acceptors (Lipinski definition) is 10. The molecule has 4 N–H and O–H groups in total. The van der Waals surface area contributed by atoms with Crippen LogP contribution in [-0.2, 0) is 9.59 Å². The van der Waals surface area contributed by atoms with Crippen LogP contribution in [0.3, 0.4) is 0 Å². The highest BCUT2D eigenvalue weighted by Gasteiger charge is 2.49. The molecular formula is C36H48F3N11O3. The third-order valence-electron chi connectivity index (χ3n) is 12.3. The van der Waals surface area contributed by atoms with E-state index in [0.717, 1.165) is 77.7 Å². The van der Waals surface area contributed by atoms with Crippen LogP contribution in [0.1, 0.15) is 92.7 Å². The smallest absolute Gasteiger partial charge is 0.284 e. The second kappa shape index (κ2) is 14.6. The fourth-order valence-corrected chi connectivity index (χ4v) is 9.19. The van der Waals surface area contributed by atoms with E-state index >= 15 is 0 Å². The van der Waals surface area contributed by atoms with Crippen molar-refractivity contribution in [3.63, 3.8) is 0 Å². The number of carbonyl (C=O) groups excluding carboxylic acids is 3. The van der Waals surface area contributed by atoms with Crippen LogP contribution in [0, 0.1) is 11.3 Å². The molecule has 1 spiro atoms. The largest absolute Gasteiger partial charge is 0.352 e. The third kappa shape index (κ3) is 7.52. The Kier molecular flexibility index (Phi) is 9.91. The van der Waals surface area contributed by atoms with Crippen LogP contribution >= 0.6 is 0 Å². The van der Waals surface area contributed by atoms with Crippen LogP contribution in [0.4, 0.5) is 24.7 Å². The van der Waals surface area contributed by atoms with E-state index in [0.29, 0.717) is 31.1 Å². The maximum atomic E-state index is 14.2. The van der Waals surface area contributed by atoms with Crippen molar-refractivity contribution in [2.24, 2.45) is 17.1 Å². The summed E-state index contributed by atoms with van der Waals surface area (Å²) in [6.45, 7) is 5.57. The summed E-state index contributed by atoms with van der Waals surface area (Å²) in [5, 5.41) is 13.6. The van der Waals surface area contributed by atoms with Crippen LogP contribution in [0.2, 0.25) is 0 Å². The van der Waals surface area contributed by atoms with Gasteiger partial charge in [0.15, 0.2) is 11.3 Å². The highest BCUT2D eigenvalue weighted by atomic mass is 19.3. The van der Waals surface area contributed by atoms with Gasteiger partial charge in [-0.1, -0.05) is 0 Å². The van der Waals surface area contributed by atoms with Crippen LogP contribution in [0.25, 0.3) is 5.65 Å². The average Bonchev–Trinajstić information content (AvgIpc) is 3.75. The number of aromatic nitrogens is 5. The van der Waals surface area contributed by atoms with E-state index in [9.17, 15) is 27.6 Å². The Labute approximate surface area is 305 Å². The fraction of sp³-hybridized carbons (Fsp3) is 0.667. The number of nitrogens with zero attached hydrogens (tertiary/aromatic N) is 8. The molecule has 5 aliphatic rings. The number of imide groups is 1. The van der Waals surface area contributed by atoms with Gasteiger partial charge in [0, 0.05) is 44.5 Å². The lowest BCUT2D eigenvalue weighted by atomic mass is 9.71. The van der Waals surface area contributed by atoms with Crippen molar-refractivity contribution in [3.8, 4) is 0 Å². The number of fused-ring (bicyclic) bond motifs is 1. The monoisotopic (exact) mass is 739 g/mol. The number of nitrogens with two attached hydrogens (primary N) is 1. The van der Waals surface area contributed by atoms with Gasteiger partial charge in [-0.05, 0) is 94.8 Å². The molecule has 1 aliphatic carbocycles. The molecule has 5 fully saturated rings. The van der Waals surface area contributed by atoms with Crippen molar-refractivity contribution >= 4 is 34.9 Å². The maximum absolute atomic E-state index is 14.2. The summed E-state index contributed by atoms with van der Waals surface area (Å²) in [6, 6.07) is 1.13. The van der Waals surface area contributed by atoms with Gasteiger partial charge in [-0.2, -0.15) is 10.2 Å². The predicted molar refractivity (Wildman–Crippen MR) is 189 cm³/mol. The van der Waals surface area contributed by atoms with Gasteiger partial charge in [-0.3, -0.25) is 29.3 Å². The van der Waals surface area contributed by atoms with Gasteiger partial charge in [-0.25, -0.2) is 22.7 Å². The van der Waals surface area contributed by atoms with Gasteiger partial charge in [0.1, 0.15) is 17.6 Å². The first kappa shape index (κ1) is 35.9. The molecule has 53 heavy (non-hydrogen) atoms.